The summed E-state index contributed by atoms with van der Waals surface area (Å²) in [5, 5.41) is 7.67. The summed E-state index contributed by atoms with van der Waals surface area (Å²) in [5.74, 6) is 0.248. The van der Waals surface area contributed by atoms with Crippen LogP contribution in [-0.4, -0.2) is 52.1 Å². The number of nitrogens with zero attached hydrogens (tertiary/aromatic N) is 4. The summed E-state index contributed by atoms with van der Waals surface area (Å²) >= 11 is 0. The number of hydrogen-bond donors (Lipinski definition) is 0. The van der Waals surface area contributed by atoms with Gasteiger partial charge in [-0.1, -0.05) is 52.3 Å². The molecule has 2 heterocycles. The van der Waals surface area contributed by atoms with E-state index in [4.69, 9.17) is 4.63 Å². The van der Waals surface area contributed by atoms with Crippen LogP contribution in [0.15, 0.2) is 53.2 Å². The van der Waals surface area contributed by atoms with Gasteiger partial charge in [0.05, 0.1) is 6.54 Å². The zero-order chi connectivity index (χ0) is 23.9. The van der Waals surface area contributed by atoms with E-state index >= 15 is 0 Å². The Bertz CT molecular complexity index is 1190. The molecule has 1 saturated heterocycles. The lowest BCUT2D eigenvalue weighted by Gasteiger charge is -2.33. The first-order valence-electron chi connectivity index (χ1n) is 11.9. The molecule has 7 nitrogen and oxygen atoms in total. The van der Waals surface area contributed by atoms with Gasteiger partial charge in [0.2, 0.25) is 5.91 Å². The number of amides is 2. The first kappa shape index (κ1) is 22.3. The SMILES string of the molecule is Cc1ccc(-c2ccc(C(=O)N3CCC4(CC3)C[C@H]4C(=O)N(C)Cc3nonc3C)cc2)cc1. The van der Waals surface area contributed by atoms with Crippen LogP contribution in [0.4, 0.5) is 0 Å². The number of carbonyl (C=O) groups is 2. The zero-order valence-electron chi connectivity index (χ0n) is 20.0. The van der Waals surface area contributed by atoms with E-state index < -0.39 is 0 Å². The number of likely N-dealkylation sites (tertiary alicyclic amines) is 1. The van der Waals surface area contributed by atoms with E-state index in [1.165, 1.54) is 5.56 Å². The molecule has 1 aromatic heterocycles. The highest BCUT2D eigenvalue weighted by Crippen LogP contribution is 2.60. The fraction of sp³-hybridized carbons (Fsp3) is 0.407. The van der Waals surface area contributed by atoms with Crippen molar-refractivity contribution in [1.82, 2.24) is 20.1 Å². The van der Waals surface area contributed by atoms with Gasteiger partial charge < -0.3 is 9.80 Å². The molecule has 3 aromatic rings. The Kier molecular flexibility index (Phi) is 5.71. The van der Waals surface area contributed by atoms with E-state index in [9.17, 15) is 9.59 Å². The minimum Gasteiger partial charge on any atom is -0.339 e. The van der Waals surface area contributed by atoms with Crippen LogP contribution >= 0.6 is 0 Å². The van der Waals surface area contributed by atoms with Gasteiger partial charge in [0.25, 0.3) is 5.91 Å². The number of carbonyl (C=O) groups excluding carboxylic acids is 2. The number of aromatic nitrogens is 2. The second kappa shape index (κ2) is 8.70. The smallest absolute Gasteiger partial charge is 0.253 e. The zero-order valence-corrected chi connectivity index (χ0v) is 20.0. The summed E-state index contributed by atoms with van der Waals surface area (Å²) in [4.78, 5) is 29.7. The monoisotopic (exact) mass is 458 g/mol. The maximum absolute atomic E-state index is 13.1. The molecule has 2 fully saturated rings. The van der Waals surface area contributed by atoms with Crippen LogP contribution in [0, 0.1) is 25.2 Å². The van der Waals surface area contributed by atoms with E-state index in [1.54, 1.807) is 11.9 Å². The molecule has 7 heteroatoms. The number of hydrogen-bond acceptors (Lipinski definition) is 5. The Balaban J connectivity index is 1.16. The molecule has 0 radical (unpaired) electrons. The van der Waals surface area contributed by atoms with Crippen molar-refractivity contribution in [1.29, 1.82) is 0 Å². The molecule has 1 aliphatic heterocycles. The average molecular weight is 459 g/mol. The third-order valence-electron chi connectivity index (χ3n) is 7.56. The van der Waals surface area contributed by atoms with Crippen LogP contribution in [0.25, 0.3) is 11.1 Å². The molecule has 176 valence electrons. The summed E-state index contributed by atoms with van der Waals surface area (Å²) in [5.41, 5.74) is 5.64. The summed E-state index contributed by atoms with van der Waals surface area (Å²) in [6.45, 7) is 5.69. The van der Waals surface area contributed by atoms with Crippen LogP contribution in [0.5, 0.6) is 0 Å². The van der Waals surface area contributed by atoms with Gasteiger partial charge in [-0.25, -0.2) is 4.63 Å². The Hall–Kier alpha value is -3.48. The molecule has 34 heavy (non-hydrogen) atoms. The summed E-state index contributed by atoms with van der Waals surface area (Å²) in [6.07, 6.45) is 2.64. The van der Waals surface area contributed by atoms with Crippen LogP contribution in [0.2, 0.25) is 0 Å². The van der Waals surface area contributed by atoms with Gasteiger partial charge in [-0.05, 0) is 61.8 Å². The molecule has 1 atom stereocenters. The lowest BCUT2D eigenvalue weighted by Crippen LogP contribution is -2.40. The third kappa shape index (κ3) is 4.22. The number of piperidine rings is 1. The second-order valence-corrected chi connectivity index (χ2v) is 9.85. The van der Waals surface area contributed by atoms with Gasteiger partial charge in [0.1, 0.15) is 11.4 Å². The van der Waals surface area contributed by atoms with Crippen molar-refractivity contribution in [3.05, 3.63) is 71.0 Å². The molecular weight excluding hydrogens is 428 g/mol. The highest BCUT2D eigenvalue weighted by molar-refractivity contribution is 5.95. The number of aryl methyl sites for hydroxylation is 2. The van der Waals surface area contributed by atoms with Crippen molar-refractivity contribution in [2.75, 3.05) is 20.1 Å². The van der Waals surface area contributed by atoms with Gasteiger partial charge >= 0.3 is 0 Å². The Labute approximate surface area is 199 Å². The Morgan fingerprint density at radius 3 is 2.21 bits per heavy atom. The molecule has 2 aromatic carbocycles. The maximum Gasteiger partial charge on any atom is 0.253 e. The fourth-order valence-corrected chi connectivity index (χ4v) is 5.10. The van der Waals surface area contributed by atoms with Crippen LogP contribution in [0.3, 0.4) is 0 Å². The second-order valence-electron chi connectivity index (χ2n) is 9.85. The van der Waals surface area contributed by atoms with Crippen molar-refractivity contribution in [2.45, 2.75) is 39.7 Å². The quantitative estimate of drug-likeness (QED) is 0.571. The van der Waals surface area contributed by atoms with Crippen molar-refractivity contribution in [3.63, 3.8) is 0 Å². The highest BCUT2D eigenvalue weighted by Gasteiger charge is 2.59. The van der Waals surface area contributed by atoms with Crippen LogP contribution in [0.1, 0.15) is 46.6 Å². The van der Waals surface area contributed by atoms with E-state index in [0.29, 0.717) is 36.6 Å². The maximum atomic E-state index is 13.1. The standard InChI is InChI=1S/C27H30N4O3/c1-18-4-6-20(7-5-18)21-8-10-22(11-9-21)25(32)31-14-12-27(13-15-31)16-23(27)26(33)30(3)17-24-19(2)28-34-29-24/h4-11,23H,12-17H2,1-3H3/t23-/m0/s1. The van der Waals surface area contributed by atoms with Gasteiger partial charge in [0, 0.05) is 31.6 Å². The fourth-order valence-electron chi connectivity index (χ4n) is 5.10. The third-order valence-corrected chi connectivity index (χ3v) is 7.56. The molecule has 2 amide bonds. The minimum absolute atomic E-state index is 0.0312. The predicted octanol–water partition coefficient (Wildman–Crippen LogP) is 4.25. The van der Waals surface area contributed by atoms with E-state index in [-0.39, 0.29) is 23.1 Å². The lowest BCUT2D eigenvalue weighted by atomic mass is 9.90. The van der Waals surface area contributed by atoms with Crippen molar-refractivity contribution < 1.29 is 14.2 Å². The summed E-state index contributed by atoms with van der Waals surface area (Å²) in [6, 6.07) is 16.3. The summed E-state index contributed by atoms with van der Waals surface area (Å²) < 4.78 is 4.74. The van der Waals surface area contributed by atoms with E-state index in [0.717, 1.165) is 30.4 Å². The highest BCUT2D eigenvalue weighted by atomic mass is 16.6. The largest absolute Gasteiger partial charge is 0.339 e. The van der Waals surface area contributed by atoms with Gasteiger partial charge in [0.15, 0.2) is 0 Å². The average Bonchev–Trinajstić information content (AvgIpc) is 3.40. The molecule has 0 bridgehead atoms. The van der Waals surface area contributed by atoms with Crippen LogP contribution in [-0.2, 0) is 11.3 Å². The molecular formula is C27H30N4O3. The lowest BCUT2D eigenvalue weighted by molar-refractivity contribution is -0.133. The molecule has 2 aliphatic rings. The van der Waals surface area contributed by atoms with Gasteiger partial charge in [-0.3, -0.25) is 9.59 Å². The van der Waals surface area contributed by atoms with E-state index in [1.807, 2.05) is 36.1 Å². The number of rotatable bonds is 5. The molecule has 0 unspecified atom stereocenters. The van der Waals surface area contributed by atoms with E-state index in [2.05, 4.69) is 41.5 Å². The van der Waals surface area contributed by atoms with Gasteiger partial charge in [-0.15, -0.1) is 0 Å². The molecule has 5 rings (SSSR count). The topological polar surface area (TPSA) is 79.5 Å². The first-order chi connectivity index (χ1) is 16.4. The van der Waals surface area contributed by atoms with Crippen LogP contribution < -0.4 is 0 Å². The van der Waals surface area contributed by atoms with Crippen molar-refractivity contribution in [3.8, 4) is 11.1 Å². The number of benzene rings is 2. The normalized spacial score (nSPS) is 18.7. The molecule has 1 saturated carbocycles. The van der Waals surface area contributed by atoms with Gasteiger partial charge in [-0.2, -0.15) is 0 Å². The first-order valence-corrected chi connectivity index (χ1v) is 11.9. The summed E-state index contributed by atoms with van der Waals surface area (Å²) in [7, 11) is 1.81. The molecule has 1 aliphatic carbocycles. The Morgan fingerprint density at radius 1 is 1.00 bits per heavy atom. The predicted molar refractivity (Wildman–Crippen MR) is 128 cm³/mol. The molecule has 0 N–H and O–H groups in total. The van der Waals surface area contributed by atoms with Crippen molar-refractivity contribution >= 4 is 11.8 Å². The van der Waals surface area contributed by atoms with Crippen molar-refractivity contribution in [2.24, 2.45) is 11.3 Å². The minimum atomic E-state index is 0.0312. The Morgan fingerprint density at radius 2 is 1.62 bits per heavy atom. The molecule has 1 spiro atoms.